The molecule has 0 bridgehead atoms. The lowest BCUT2D eigenvalue weighted by Crippen LogP contribution is -2.24. The largest absolute Gasteiger partial charge is 0.493 e. The zero-order valence-electron chi connectivity index (χ0n) is 18.3. The highest BCUT2D eigenvalue weighted by atomic mass is 79.9. The first-order valence-corrected chi connectivity index (χ1v) is 10.6. The number of ether oxygens (including phenoxy) is 2. The van der Waals surface area contributed by atoms with Gasteiger partial charge in [-0.2, -0.15) is 5.10 Å². The molecule has 1 amide bonds. The second-order valence-corrected chi connectivity index (χ2v) is 8.11. The van der Waals surface area contributed by atoms with E-state index in [0.29, 0.717) is 11.5 Å². The number of carbonyl (C=O) groups excluding carboxylic acids is 1. The number of rotatable bonds is 7. The number of methoxy groups -OCH3 is 1. The second-order valence-electron chi connectivity index (χ2n) is 7.31. The summed E-state index contributed by atoms with van der Waals surface area (Å²) in [5, 5.41) is 4.12. The first-order valence-electron chi connectivity index (χ1n) is 9.85. The smallest absolute Gasteiger partial charge is 0.277 e. The standard InChI is InChI=1S/C24H26BrN3O3/c1-15-10-16(2)12-19(11-15)28-17(3)20(24(25)18(28)4)13-26-27-23(29)14-31-22-9-7-6-8-21(22)30-5/h6-13H,14H2,1-5H3,(H,27,29)/b26-13-. The fourth-order valence-corrected chi connectivity index (χ4v) is 4.09. The molecule has 0 spiro atoms. The van der Waals surface area contributed by atoms with Crippen LogP contribution in [0.5, 0.6) is 11.5 Å². The van der Waals surface area contributed by atoms with Crippen molar-refractivity contribution in [3.05, 3.63) is 75.0 Å². The summed E-state index contributed by atoms with van der Waals surface area (Å²) in [6.07, 6.45) is 1.65. The zero-order valence-corrected chi connectivity index (χ0v) is 19.9. The lowest BCUT2D eigenvalue weighted by molar-refractivity contribution is -0.123. The number of hydrazone groups is 1. The zero-order chi connectivity index (χ0) is 22.5. The first kappa shape index (κ1) is 22.6. The predicted molar refractivity (Wildman–Crippen MR) is 127 cm³/mol. The molecule has 0 aliphatic carbocycles. The normalized spacial score (nSPS) is 11.0. The maximum absolute atomic E-state index is 12.1. The predicted octanol–water partition coefficient (Wildman–Crippen LogP) is 5.01. The molecule has 1 heterocycles. The van der Waals surface area contributed by atoms with E-state index in [1.165, 1.54) is 11.1 Å². The van der Waals surface area contributed by atoms with Gasteiger partial charge >= 0.3 is 0 Å². The molecule has 6 nitrogen and oxygen atoms in total. The second kappa shape index (κ2) is 9.83. The minimum Gasteiger partial charge on any atom is -0.493 e. The number of hydrogen-bond donors (Lipinski definition) is 1. The molecule has 0 atom stereocenters. The van der Waals surface area contributed by atoms with Gasteiger partial charge in [-0.25, -0.2) is 5.43 Å². The Kier molecular flexibility index (Phi) is 7.17. The summed E-state index contributed by atoms with van der Waals surface area (Å²) in [7, 11) is 1.55. The summed E-state index contributed by atoms with van der Waals surface area (Å²) in [6.45, 7) is 8.09. The Morgan fingerprint density at radius 2 is 1.71 bits per heavy atom. The fourth-order valence-electron chi connectivity index (χ4n) is 3.52. The molecular formula is C24H26BrN3O3. The van der Waals surface area contributed by atoms with Gasteiger partial charge in [-0.05, 0) is 79.0 Å². The van der Waals surface area contributed by atoms with Gasteiger partial charge in [0.15, 0.2) is 18.1 Å². The Balaban J connectivity index is 1.72. The summed E-state index contributed by atoms with van der Waals surface area (Å²) < 4.78 is 13.8. The van der Waals surface area contributed by atoms with E-state index in [0.717, 1.165) is 27.1 Å². The summed E-state index contributed by atoms with van der Waals surface area (Å²) in [5.41, 5.74) is 9.02. The average Bonchev–Trinajstić information content (AvgIpc) is 2.94. The molecule has 0 saturated carbocycles. The van der Waals surface area contributed by atoms with E-state index >= 15 is 0 Å². The number of hydrogen-bond acceptors (Lipinski definition) is 4. The van der Waals surface area contributed by atoms with Crippen LogP contribution in [0, 0.1) is 27.7 Å². The van der Waals surface area contributed by atoms with Crippen LogP contribution in [-0.4, -0.2) is 30.4 Å². The Hall–Kier alpha value is -3.06. The highest BCUT2D eigenvalue weighted by Crippen LogP contribution is 2.30. The average molecular weight is 484 g/mol. The van der Waals surface area contributed by atoms with Crippen molar-refractivity contribution in [3.63, 3.8) is 0 Å². The van der Waals surface area contributed by atoms with Crippen LogP contribution in [0.3, 0.4) is 0 Å². The van der Waals surface area contributed by atoms with Crippen LogP contribution in [0.15, 0.2) is 52.0 Å². The summed E-state index contributed by atoms with van der Waals surface area (Å²) >= 11 is 3.67. The molecule has 0 aliphatic rings. The van der Waals surface area contributed by atoms with E-state index in [1.807, 2.05) is 26.0 Å². The molecule has 3 aromatic rings. The van der Waals surface area contributed by atoms with Gasteiger partial charge in [0, 0.05) is 27.1 Å². The van der Waals surface area contributed by atoms with E-state index in [9.17, 15) is 4.79 Å². The van der Waals surface area contributed by atoms with Gasteiger partial charge < -0.3 is 14.0 Å². The summed E-state index contributed by atoms with van der Waals surface area (Å²) in [5.74, 6) is 0.715. The minimum absolute atomic E-state index is 0.166. The molecule has 0 radical (unpaired) electrons. The maximum Gasteiger partial charge on any atom is 0.277 e. The number of nitrogens with one attached hydrogen (secondary N) is 1. The molecule has 3 rings (SSSR count). The van der Waals surface area contributed by atoms with Gasteiger partial charge in [0.05, 0.1) is 13.3 Å². The van der Waals surface area contributed by atoms with Crippen molar-refractivity contribution in [2.75, 3.05) is 13.7 Å². The van der Waals surface area contributed by atoms with Gasteiger partial charge in [-0.1, -0.05) is 18.2 Å². The molecule has 1 N–H and O–H groups in total. The van der Waals surface area contributed by atoms with Gasteiger partial charge in [-0.15, -0.1) is 0 Å². The highest BCUT2D eigenvalue weighted by Gasteiger charge is 2.16. The van der Waals surface area contributed by atoms with Crippen molar-refractivity contribution >= 4 is 28.1 Å². The number of amides is 1. The van der Waals surface area contributed by atoms with Crippen LogP contribution in [0.1, 0.15) is 28.1 Å². The van der Waals surface area contributed by atoms with Crippen molar-refractivity contribution in [3.8, 4) is 17.2 Å². The van der Waals surface area contributed by atoms with Crippen LogP contribution in [0.25, 0.3) is 5.69 Å². The molecule has 0 aliphatic heterocycles. The number of benzene rings is 2. The molecule has 162 valence electrons. The molecular weight excluding hydrogens is 458 g/mol. The lowest BCUT2D eigenvalue weighted by Gasteiger charge is -2.11. The van der Waals surface area contributed by atoms with E-state index in [4.69, 9.17) is 9.47 Å². The van der Waals surface area contributed by atoms with Crippen LogP contribution < -0.4 is 14.9 Å². The number of aromatic nitrogens is 1. The number of halogens is 1. The minimum atomic E-state index is -0.360. The number of nitrogens with zero attached hydrogens (tertiary/aromatic N) is 2. The first-order chi connectivity index (χ1) is 14.8. The Labute approximate surface area is 191 Å². The van der Waals surface area contributed by atoms with Crippen molar-refractivity contribution in [1.82, 2.24) is 9.99 Å². The van der Waals surface area contributed by atoms with E-state index in [1.54, 1.807) is 25.5 Å². The molecule has 7 heteroatoms. The molecule has 0 unspecified atom stereocenters. The Morgan fingerprint density at radius 1 is 1.06 bits per heavy atom. The van der Waals surface area contributed by atoms with E-state index < -0.39 is 0 Å². The monoisotopic (exact) mass is 483 g/mol. The topological polar surface area (TPSA) is 64.8 Å². The number of para-hydroxylation sites is 2. The summed E-state index contributed by atoms with van der Waals surface area (Å²) in [4.78, 5) is 12.1. The number of aryl methyl sites for hydroxylation is 2. The molecule has 2 aromatic carbocycles. The molecule has 1 aromatic heterocycles. The van der Waals surface area contributed by atoms with Crippen LogP contribution in [0.4, 0.5) is 0 Å². The molecule has 0 fully saturated rings. The van der Waals surface area contributed by atoms with Crippen LogP contribution >= 0.6 is 15.9 Å². The van der Waals surface area contributed by atoms with Crippen molar-refractivity contribution < 1.29 is 14.3 Å². The summed E-state index contributed by atoms with van der Waals surface area (Å²) in [6, 6.07) is 13.6. The van der Waals surface area contributed by atoms with E-state index in [-0.39, 0.29) is 12.5 Å². The van der Waals surface area contributed by atoms with Gasteiger partial charge in [0.25, 0.3) is 5.91 Å². The number of carbonyl (C=O) groups is 1. The highest BCUT2D eigenvalue weighted by molar-refractivity contribution is 9.10. The third kappa shape index (κ3) is 5.17. The van der Waals surface area contributed by atoms with E-state index in [2.05, 4.69) is 63.1 Å². The van der Waals surface area contributed by atoms with Gasteiger partial charge in [0.2, 0.25) is 0 Å². The molecule has 31 heavy (non-hydrogen) atoms. The van der Waals surface area contributed by atoms with Crippen molar-refractivity contribution in [1.29, 1.82) is 0 Å². The Bertz CT molecular complexity index is 1120. The fraction of sp³-hybridized carbons (Fsp3) is 0.250. The molecule has 0 saturated heterocycles. The van der Waals surface area contributed by atoms with Gasteiger partial charge in [0.1, 0.15) is 0 Å². The SMILES string of the molecule is COc1ccccc1OCC(=O)N/N=C\c1c(Br)c(C)n(-c2cc(C)cc(C)c2)c1C. The Morgan fingerprint density at radius 3 is 2.35 bits per heavy atom. The van der Waals surface area contributed by atoms with Crippen molar-refractivity contribution in [2.24, 2.45) is 5.10 Å². The van der Waals surface area contributed by atoms with Crippen LogP contribution in [0.2, 0.25) is 0 Å². The maximum atomic E-state index is 12.1. The quantitative estimate of drug-likeness (QED) is 0.379. The third-order valence-corrected chi connectivity index (χ3v) is 5.89. The van der Waals surface area contributed by atoms with Gasteiger partial charge in [-0.3, -0.25) is 4.79 Å². The van der Waals surface area contributed by atoms with Crippen molar-refractivity contribution in [2.45, 2.75) is 27.7 Å². The lowest BCUT2D eigenvalue weighted by atomic mass is 10.1. The van der Waals surface area contributed by atoms with Crippen LogP contribution in [-0.2, 0) is 4.79 Å². The third-order valence-electron chi connectivity index (χ3n) is 4.89.